The molecule has 4 nitrogen and oxygen atoms in total. The lowest BCUT2D eigenvalue weighted by Gasteiger charge is -2.10. The molecule has 1 aromatic heterocycles. The van der Waals surface area contributed by atoms with Gasteiger partial charge >= 0.3 is 5.97 Å². The molecule has 0 unspecified atom stereocenters. The summed E-state index contributed by atoms with van der Waals surface area (Å²) in [7, 11) is 1.34. The fraction of sp³-hybridized carbons (Fsp3) is 0.0556. The van der Waals surface area contributed by atoms with Gasteiger partial charge in [-0.15, -0.1) is 0 Å². The summed E-state index contributed by atoms with van der Waals surface area (Å²) in [6.07, 6.45) is 1.58. The number of carbonyl (C=O) groups is 1. The molecule has 0 N–H and O–H groups in total. The van der Waals surface area contributed by atoms with E-state index >= 15 is 0 Å². The van der Waals surface area contributed by atoms with Crippen molar-refractivity contribution in [3.05, 3.63) is 64.8 Å². The van der Waals surface area contributed by atoms with E-state index in [2.05, 4.69) is 11.1 Å². The molecule has 112 valence electrons. The van der Waals surface area contributed by atoms with Crippen LogP contribution in [0.5, 0.6) is 0 Å². The number of ether oxygens (including phenoxy) is 1. The standard InChI is InChI=1S/C18H11ClN2O2/c1-23-18(22)13-6-7-16-14(8-13)17(15(19)10-21-16)12-4-2-11(9-20)3-5-12/h2-8,10H,1H3. The quantitative estimate of drug-likeness (QED) is 0.663. The second-order valence-electron chi connectivity index (χ2n) is 4.89. The molecule has 0 atom stereocenters. The lowest BCUT2D eigenvalue weighted by atomic mass is 9.99. The molecule has 0 saturated heterocycles. The van der Waals surface area contributed by atoms with Gasteiger partial charge in [-0.05, 0) is 35.9 Å². The van der Waals surface area contributed by atoms with Gasteiger partial charge in [0.25, 0.3) is 0 Å². The highest BCUT2D eigenvalue weighted by Gasteiger charge is 2.13. The van der Waals surface area contributed by atoms with Crippen molar-refractivity contribution < 1.29 is 9.53 Å². The summed E-state index contributed by atoms with van der Waals surface area (Å²) in [5, 5.41) is 10.1. The normalized spacial score (nSPS) is 10.3. The number of halogens is 1. The molecule has 0 spiro atoms. The Morgan fingerprint density at radius 2 is 1.96 bits per heavy atom. The van der Waals surface area contributed by atoms with Gasteiger partial charge in [-0.1, -0.05) is 23.7 Å². The number of aromatic nitrogens is 1. The molecule has 0 aliphatic rings. The summed E-state index contributed by atoms with van der Waals surface area (Å²) >= 11 is 6.33. The number of hydrogen-bond acceptors (Lipinski definition) is 4. The third-order valence-electron chi connectivity index (χ3n) is 3.55. The highest BCUT2D eigenvalue weighted by atomic mass is 35.5. The van der Waals surface area contributed by atoms with Crippen molar-refractivity contribution in [1.82, 2.24) is 4.98 Å². The number of pyridine rings is 1. The van der Waals surface area contributed by atoms with Crippen LogP contribution in [0.3, 0.4) is 0 Å². The Hall–Kier alpha value is -2.90. The maximum Gasteiger partial charge on any atom is 0.337 e. The average molecular weight is 323 g/mol. The molecule has 0 bridgehead atoms. The summed E-state index contributed by atoms with van der Waals surface area (Å²) < 4.78 is 4.76. The van der Waals surface area contributed by atoms with E-state index in [0.717, 1.165) is 22.0 Å². The van der Waals surface area contributed by atoms with E-state index in [0.29, 0.717) is 16.1 Å². The second-order valence-corrected chi connectivity index (χ2v) is 5.30. The molecule has 0 amide bonds. The Labute approximate surface area is 137 Å². The Morgan fingerprint density at radius 1 is 1.22 bits per heavy atom. The molecule has 5 heteroatoms. The van der Waals surface area contributed by atoms with Crippen LogP contribution in [0.1, 0.15) is 15.9 Å². The predicted molar refractivity (Wildman–Crippen MR) is 88.2 cm³/mol. The molecule has 23 heavy (non-hydrogen) atoms. The van der Waals surface area contributed by atoms with Crippen LogP contribution in [0.15, 0.2) is 48.7 Å². The van der Waals surface area contributed by atoms with E-state index in [1.165, 1.54) is 7.11 Å². The Morgan fingerprint density at radius 3 is 2.61 bits per heavy atom. The van der Waals surface area contributed by atoms with Crippen molar-refractivity contribution in [2.75, 3.05) is 7.11 Å². The van der Waals surface area contributed by atoms with Crippen molar-refractivity contribution in [3.8, 4) is 17.2 Å². The first-order valence-electron chi connectivity index (χ1n) is 6.81. The number of esters is 1. The molecule has 0 fully saturated rings. The van der Waals surface area contributed by atoms with E-state index in [1.807, 2.05) is 12.1 Å². The van der Waals surface area contributed by atoms with Crippen molar-refractivity contribution in [2.24, 2.45) is 0 Å². The third kappa shape index (κ3) is 2.75. The van der Waals surface area contributed by atoms with Crippen molar-refractivity contribution in [2.45, 2.75) is 0 Å². The minimum Gasteiger partial charge on any atom is -0.465 e. The number of nitrogens with zero attached hydrogens (tertiary/aromatic N) is 2. The largest absolute Gasteiger partial charge is 0.465 e. The Balaban J connectivity index is 2.26. The van der Waals surface area contributed by atoms with Gasteiger partial charge in [0.05, 0.1) is 34.8 Å². The van der Waals surface area contributed by atoms with Crippen LogP contribution in [0.4, 0.5) is 0 Å². The minimum atomic E-state index is -0.419. The van der Waals surface area contributed by atoms with E-state index in [-0.39, 0.29) is 0 Å². The lowest BCUT2D eigenvalue weighted by molar-refractivity contribution is 0.0601. The van der Waals surface area contributed by atoms with E-state index < -0.39 is 5.97 Å². The topological polar surface area (TPSA) is 63.0 Å². The summed E-state index contributed by atoms with van der Waals surface area (Å²) in [5.41, 5.74) is 3.34. The zero-order chi connectivity index (χ0) is 16.4. The summed E-state index contributed by atoms with van der Waals surface area (Å²) in [4.78, 5) is 16.1. The number of benzene rings is 2. The summed E-state index contributed by atoms with van der Waals surface area (Å²) in [6.45, 7) is 0. The fourth-order valence-electron chi connectivity index (χ4n) is 2.42. The molecule has 0 aliphatic heterocycles. The number of nitriles is 1. The maximum atomic E-state index is 11.8. The second kappa shape index (κ2) is 6.07. The van der Waals surface area contributed by atoms with E-state index in [4.69, 9.17) is 21.6 Å². The van der Waals surface area contributed by atoms with Gasteiger partial charge in [-0.25, -0.2) is 4.79 Å². The van der Waals surface area contributed by atoms with E-state index in [1.54, 1.807) is 36.5 Å². The zero-order valence-electron chi connectivity index (χ0n) is 12.2. The molecule has 1 heterocycles. The minimum absolute atomic E-state index is 0.419. The SMILES string of the molecule is COC(=O)c1ccc2ncc(Cl)c(-c3ccc(C#N)cc3)c2c1. The first-order valence-corrected chi connectivity index (χ1v) is 7.19. The monoisotopic (exact) mass is 322 g/mol. The highest BCUT2D eigenvalue weighted by molar-refractivity contribution is 6.34. The smallest absolute Gasteiger partial charge is 0.337 e. The van der Waals surface area contributed by atoms with Gasteiger partial charge in [-0.3, -0.25) is 4.98 Å². The van der Waals surface area contributed by atoms with Crippen LogP contribution in [0, 0.1) is 11.3 Å². The average Bonchev–Trinajstić information content (AvgIpc) is 2.60. The number of hydrogen-bond donors (Lipinski definition) is 0. The molecule has 3 aromatic rings. The van der Waals surface area contributed by atoms with Crippen molar-refractivity contribution in [3.63, 3.8) is 0 Å². The lowest BCUT2D eigenvalue weighted by Crippen LogP contribution is -2.01. The van der Waals surface area contributed by atoms with Gasteiger partial charge < -0.3 is 4.74 Å². The molecule has 0 aliphatic carbocycles. The first kappa shape index (κ1) is 15.0. The Bertz CT molecular complexity index is 944. The van der Waals surface area contributed by atoms with Crippen LogP contribution in [-0.4, -0.2) is 18.1 Å². The number of carbonyl (C=O) groups excluding carboxylic acids is 1. The predicted octanol–water partition coefficient (Wildman–Crippen LogP) is 4.21. The molecule has 0 saturated carbocycles. The molecular weight excluding hydrogens is 312 g/mol. The zero-order valence-corrected chi connectivity index (χ0v) is 13.0. The van der Waals surface area contributed by atoms with Crippen molar-refractivity contribution >= 4 is 28.5 Å². The van der Waals surface area contributed by atoms with Gasteiger partial charge in [0.1, 0.15) is 0 Å². The first-order chi connectivity index (χ1) is 11.1. The maximum absolute atomic E-state index is 11.8. The Kier molecular flexibility index (Phi) is 3.96. The summed E-state index contributed by atoms with van der Waals surface area (Å²) in [6, 6.07) is 14.3. The molecule has 3 rings (SSSR count). The summed E-state index contributed by atoms with van der Waals surface area (Å²) in [5.74, 6) is -0.419. The molecule has 2 aromatic carbocycles. The van der Waals surface area contributed by atoms with Gasteiger partial charge in [0, 0.05) is 17.1 Å². The van der Waals surface area contributed by atoms with Crippen LogP contribution < -0.4 is 0 Å². The molecular formula is C18H11ClN2O2. The fourth-order valence-corrected chi connectivity index (χ4v) is 2.68. The van der Waals surface area contributed by atoms with Crippen LogP contribution in [-0.2, 0) is 4.74 Å². The van der Waals surface area contributed by atoms with Crippen LogP contribution in [0.2, 0.25) is 5.02 Å². The number of rotatable bonds is 2. The highest BCUT2D eigenvalue weighted by Crippen LogP contribution is 2.34. The number of methoxy groups -OCH3 is 1. The van der Waals surface area contributed by atoms with E-state index in [9.17, 15) is 4.79 Å². The third-order valence-corrected chi connectivity index (χ3v) is 3.83. The molecule has 0 radical (unpaired) electrons. The van der Waals surface area contributed by atoms with Crippen molar-refractivity contribution in [1.29, 1.82) is 5.26 Å². The van der Waals surface area contributed by atoms with Gasteiger partial charge in [-0.2, -0.15) is 5.26 Å². The van der Waals surface area contributed by atoms with Gasteiger partial charge in [0.15, 0.2) is 0 Å². The number of fused-ring (bicyclic) bond motifs is 1. The van der Waals surface area contributed by atoms with Crippen LogP contribution in [0.25, 0.3) is 22.0 Å². The van der Waals surface area contributed by atoms with Gasteiger partial charge in [0.2, 0.25) is 0 Å². The van der Waals surface area contributed by atoms with Crippen LogP contribution >= 0.6 is 11.6 Å².